The molecule has 0 unspecified atom stereocenters. The van der Waals surface area contributed by atoms with Crippen molar-refractivity contribution >= 4 is 28.4 Å². The lowest BCUT2D eigenvalue weighted by atomic mass is 10.0. The number of carboxylic acids is 1. The van der Waals surface area contributed by atoms with Gasteiger partial charge in [-0.1, -0.05) is 37.3 Å². The molecule has 0 radical (unpaired) electrons. The quantitative estimate of drug-likeness (QED) is 0.823. The van der Waals surface area contributed by atoms with Gasteiger partial charge in [0, 0.05) is 18.4 Å². The highest BCUT2D eigenvalue weighted by Gasteiger charge is 2.21. The number of carbonyl (C=O) groups is 3. The third-order valence-corrected chi connectivity index (χ3v) is 3.72. The van der Waals surface area contributed by atoms with E-state index in [1.165, 1.54) is 0 Å². The van der Waals surface area contributed by atoms with Crippen LogP contribution >= 0.6 is 0 Å². The molecule has 0 fully saturated rings. The van der Waals surface area contributed by atoms with E-state index < -0.39 is 17.9 Å². The normalized spacial score (nSPS) is 11.9. The van der Waals surface area contributed by atoms with Crippen LogP contribution in [0.4, 0.5) is 0 Å². The molecular formula is C18H19NO4. The summed E-state index contributed by atoms with van der Waals surface area (Å²) in [4.78, 5) is 34.8. The number of Topliss-reactive ketones (excluding diaryl/α,β-unsaturated/α-hetero) is 1. The molecule has 0 aliphatic carbocycles. The summed E-state index contributed by atoms with van der Waals surface area (Å²) in [5.41, 5.74) is 0.400. The average Bonchev–Trinajstić information content (AvgIpc) is 2.57. The lowest BCUT2D eigenvalue weighted by molar-refractivity contribution is -0.139. The summed E-state index contributed by atoms with van der Waals surface area (Å²) < 4.78 is 0. The van der Waals surface area contributed by atoms with Gasteiger partial charge in [-0.05, 0) is 29.3 Å². The number of carbonyl (C=O) groups excluding carboxylic acids is 2. The number of rotatable bonds is 7. The predicted octanol–water partition coefficient (Wildman–Crippen LogP) is 2.78. The van der Waals surface area contributed by atoms with Crippen LogP contribution in [0.5, 0.6) is 0 Å². The van der Waals surface area contributed by atoms with Crippen LogP contribution < -0.4 is 5.32 Å². The fourth-order valence-corrected chi connectivity index (χ4v) is 2.31. The zero-order valence-corrected chi connectivity index (χ0v) is 12.9. The number of fused-ring (bicyclic) bond motifs is 1. The summed E-state index contributed by atoms with van der Waals surface area (Å²) in [6, 6.07) is 11.8. The van der Waals surface area contributed by atoms with Crippen molar-refractivity contribution in [3.8, 4) is 0 Å². The van der Waals surface area contributed by atoms with Gasteiger partial charge in [-0.25, -0.2) is 4.79 Å². The fourth-order valence-electron chi connectivity index (χ4n) is 2.31. The number of nitrogens with one attached hydrogen (secondary N) is 1. The molecule has 1 amide bonds. The molecule has 2 aromatic rings. The van der Waals surface area contributed by atoms with Gasteiger partial charge in [-0.2, -0.15) is 0 Å². The van der Waals surface area contributed by atoms with Gasteiger partial charge in [-0.15, -0.1) is 0 Å². The second-order valence-electron chi connectivity index (χ2n) is 5.36. The number of hydrogen-bond acceptors (Lipinski definition) is 3. The Labute approximate surface area is 134 Å². The zero-order valence-electron chi connectivity index (χ0n) is 12.9. The third kappa shape index (κ3) is 4.39. The van der Waals surface area contributed by atoms with Gasteiger partial charge >= 0.3 is 5.97 Å². The first-order chi connectivity index (χ1) is 11.0. The Bertz CT molecular complexity index is 739. The summed E-state index contributed by atoms with van der Waals surface area (Å²) in [5.74, 6) is -1.61. The average molecular weight is 313 g/mol. The summed E-state index contributed by atoms with van der Waals surface area (Å²) in [7, 11) is 0. The van der Waals surface area contributed by atoms with E-state index in [0.717, 1.165) is 10.8 Å². The van der Waals surface area contributed by atoms with Crippen molar-refractivity contribution < 1.29 is 19.5 Å². The number of amides is 1. The third-order valence-electron chi connectivity index (χ3n) is 3.72. The standard InChI is InChI=1S/C18H19NO4/c1-2-15(20)9-10-16(18(22)23)19-17(21)14-8-7-12-5-3-4-6-13(12)11-14/h3-8,11,16H,2,9-10H2,1H3,(H,19,21)(H,22,23)/t16-/m0/s1. The van der Waals surface area contributed by atoms with Crippen molar-refractivity contribution in [2.24, 2.45) is 0 Å². The maximum Gasteiger partial charge on any atom is 0.326 e. The number of carboxylic acid groups (broad SMARTS) is 1. The van der Waals surface area contributed by atoms with Gasteiger partial charge < -0.3 is 10.4 Å². The molecule has 0 saturated carbocycles. The topological polar surface area (TPSA) is 83.5 Å². The Morgan fingerprint density at radius 2 is 1.78 bits per heavy atom. The van der Waals surface area contributed by atoms with Gasteiger partial charge in [0.1, 0.15) is 11.8 Å². The zero-order chi connectivity index (χ0) is 16.8. The van der Waals surface area contributed by atoms with Gasteiger partial charge in [-0.3, -0.25) is 9.59 Å². The highest BCUT2D eigenvalue weighted by Crippen LogP contribution is 2.16. The number of aliphatic carboxylic acids is 1. The molecule has 120 valence electrons. The predicted molar refractivity (Wildman–Crippen MR) is 87.4 cm³/mol. The molecule has 0 saturated heterocycles. The summed E-state index contributed by atoms with van der Waals surface area (Å²) in [6.07, 6.45) is 0.609. The first-order valence-electron chi connectivity index (χ1n) is 7.55. The van der Waals surface area contributed by atoms with Crippen LogP contribution in [0, 0.1) is 0 Å². The second-order valence-corrected chi connectivity index (χ2v) is 5.36. The Kier molecular flexibility index (Phi) is 5.46. The van der Waals surface area contributed by atoms with E-state index in [0.29, 0.717) is 12.0 Å². The molecule has 5 nitrogen and oxygen atoms in total. The summed E-state index contributed by atoms with van der Waals surface area (Å²) in [6.45, 7) is 1.73. The molecule has 0 heterocycles. The summed E-state index contributed by atoms with van der Waals surface area (Å²) >= 11 is 0. The van der Waals surface area contributed by atoms with E-state index in [2.05, 4.69) is 5.32 Å². The van der Waals surface area contributed by atoms with E-state index in [1.807, 2.05) is 30.3 Å². The van der Waals surface area contributed by atoms with Crippen molar-refractivity contribution in [1.29, 1.82) is 0 Å². The molecule has 1 atom stereocenters. The Balaban J connectivity index is 2.10. The molecule has 0 spiro atoms. The minimum absolute atomic E-state index is 0.0174. The van der Waals surface area contributed by atoms with Crippen LogP contribution in [0.25, 0.3) is 10.8 Å². The molecule has 2 rings (SSSR count). The van der Waals surface area contributed by atoms with Crippen molar-refractivity contribution in [1.82, 2.24) is 5.32 Å². The maximum absolute atomic E-state index is 12.3. The van der Waals surface area contributed by atoms with Crippen LogP contribution in [0.2, 0.25) is 0 Å². The highest BCUT2D eigenvalue weighted by molar-refractivity contribution is 6.00. The van der Waals surface area contributed by atoms with Crippen molar-refractivity contribution in [3.05, 3.63) is 48.0 Å². The smallest absolute Gasteiger partial charge is 0.326 e. The van der Waals surface area contributed by atoms with Crippen LogP contribution in [0.1, 0.15) is 36.5 Å². The van der Waals surface area contributed by atoms with Crippen molar-refractivity contribution in [2.75, 3.05) is 0 Å². The van der Waals surface area contributed by atoms with Crippen molar-refractivity contribution in [2.45, 2.75) is 32.2 Å². The summed E-state index contributed by atoms with van der Waals surface area (Å²) in [5, 5.41) is 13.6. The minimum atomic E-state index is -1.14. The molecule has 0 bridgehead atoms. The van der Waals surface area contributed by atoms with E-state index in [4.69, 9.17) is 0 Å². The largest absolute Gasteiger partial charge is 0.480 e. The monoisotopic (exact) mass is 313 g/mol. The van der Waals surface area contributed by atoms with Crippen LogP contribution in [0.3, 0.4) is 0 Å². The molecule has 0 aliphatic heterocycles. The maximum atomic E-state index is 12.3. The lowest BCUT2D eigenvalue weighted by Crippen LogP contribution is -2.41. The molecule has 23 heavy (non-hydrogen) atoms. The Hall–Kier alpha value is -2.69. The first kappa shape index (κ1) is 16.7. The van der Waals surface area contributed by atoms with Crippen LogP contribution in [-0.2, 0) is 9.59 Å². The fraction of sp³-hybridized carbons (Fsp3) is 0.278. The first-order valence-corrected chi connectivity index (χ1v) is 7.55. The van der Waals surface area contributed by atoms with Crippen LogP contribution in [0.15, 0.2) is 42.5 Å². The van der Waals surface area contributed by atoms with Gasteiger partial charge in [0.05, 0.1) is 0 Å². The van der Waals surface area contributed by atoms with E-state index in [1.54, 1.807) is 19.1 Å². The van der Waals surface area contributed by atoms with E-state index in [9.17, 15) is 19.5 Å². The Morgan fingerprint density at radius 3 is 2.43 bits per heavy atom. The molecular weight excluding hydrogens is 294 g/mol. The highest BCUT2D eigenvalue weighted by atomic mass is 16.4. The second kappa shape index (κ2) is 7.54. The number of hydrogen-bond donors (Lipinski definition) is 2. The SMILES string of the molecule is CCC(=O)CC[C@H](NC(=O)c1ccc2ccccc2c1)C(=O)O. The molecule has 2 N–H and O–H groups in total. The van der Waals surface area contributed by atoms with Gasteiger partial charge in [0.25, 0.3) is 5.91 Å². The van der Waals surface area contributed by atoms with Gasteiger partial charge in [0.15, 0.2) is 0 Å². The molecule has 0 aliphatic rings. The minimum Gasteiger partial charge on any atom is -0.480 e. The van der Waals surface area contributed by atoms with Gasteiger partial charge in [0.2, 0.25) is 0 Å². The van der Waals surface area contributed by atoms with Crippen molar-refractivity contribution in [3.63, 3.8) is 0 Å². The Morgan fingerprint density at radius 1 is 1.09 bits per heavy atom. The molecule has 2 aromatic carbocycles. The van der Waals surface area contributed by atoms with E-state index >= 15 is 0 Å². The van der Waals surface area contributed by atoms with Crippen LogP contribution in [-0.4, -0.2) is 28.8 Å². The number of ketones is 1. The lowest BCUT2D eigenvalue weighted by Gasteiger charge is -2.14. The molecule has 0 aromatic heterocycles. The number of benzene rings is 2. The molecule has 5 heteroatoms. The van der Waals surface area contributed by atoms with E-state index in [-0.39, 0.29) is 18.6 Å².